The Bertz CT molecular complexity index is 931. The summed E-state index contributed by atoms with van der Waals surface area (Å²) in [4.78, 5) is 23.7. The van der Waals surface area contributed by atoms with Crippen LogP contribution in [0.25, 0.3) is 0 Å². The van der Waals surface area contributed by atoms with E-state index in [1.54, 1.807) is 6.07 Å². The van der Waals surface area contributed by atoms with Gasteiger partial charge in [-0.1, -0.05) is 19.3 Å². The number of carbonyl (C=O) groups is 1. The van der Waals surface area contributed by atoms with Gasteiger partial charge in [0.15, 0.2) is 0 Å². The molecule has 0 unspecified atom stereocenters. The number of alkyl halides is 2. The highest BCUT2D eigenvalue weighted by molar-refractivity contribution is 7.18. The Balaban J connectivity index is 1.35. The molecule has 0 aromatic carbocycles. The molecule has 9 heteroatoms. The van der Waals surface area contributed by atoms with Crippen molar-refractivity contribution < 1.29 is 13.6 Å². The minimum absolute atomic E-state index is 0.0116. The molecule has 2 aromatic rings. The average molecular weight is 420 g/mol. The number of thiophene rings is 1. The lowest BCUT2D eigenvalue weighted by atomic mass is 9.78. The summed E-state index contributed by atoms with van der Waals surface area (Å²) >= 11 is 1.44. The third kappa shape index (κ3) is 3.45. The SMILES string of the molecule is O=C1NC2(CCCCC2)c2cc(Nc3cc(N4CCC(F)(F)CC4)ncn3)sc21. The van der Waals surface area contributed by atoms with Crippen molar-refractivity contribution in [3.05, 3.63) is 28.9 Å². The molecule has 2 N–H and O–H groups in total. The molecule has 1 amide bonds. The maximum atomic E-state index is 13.4. The van der Waals surface area contributed by atoms with E-state index in [1.165, 1.54) is 24.1 Å². The summed E-state index contributed by atoms with van der Waals surface area (Å²) in [5, 5.41) is 7.36. The normalized spacial score (nSPS) is 22.4. The maximum absolute atomic E-state index is 13.4. The van der Waals surface area contributed by atoms with Gasteiger partial charge in [0, 0.05) is 37.6 Å². The molecule has 1 aliphatic carbocycles. The second-order valence-corrected chi connectivity index (χ2v) is 9.23. The highest BCUT2D eigenvalue weighted by Gasteiger charge is 2.45. The molecule has 1 saturated heterocycles. The van der Waals surface area contributed by atoms with E-state index in [1.807, 2.05) is 4.90 Å². The van der Waals surface area contributed by atoms with Crippen LogP contribution >= 0.6 is 11.3 Å². The molecule has 29 heavy (non-hydrogen) atoms. The molecule has 3 aliphatic rings. The first-order chi connectivity index (χ1) is 13.9. The molecule has 0 bridgehead atoms. The van der Waals surface area contributed by atoms with Crippen molar-refractivity contribution in [2.45, 2.75) is 56.4 Å². The number of piperidine rings is 1. The minimum atomic E-state index is -2.59. The summed E-state index contributed by atoms with van der Waals surface area (Å²) in [5.41, 5.74) is 0.888. The van der Waals surface area contributed by atoms with E-state index in [0.29, 0.717) is 11.6 Å². The van der Waals surface area contributed by atoms with Crippen LogP contribution in [-0.4, -0.2) is 34.9 Å². The quantitative estimate of drug-likeness (QED) is 0.771. The van der Waals surface area contributed by atoms with Crippen molar-refractivity contribution in [2.75, 3.05) is 23.3 Å². The van der Waals surface area contributed by atoms with E-state index < -0.39 is 5.92 Å². The summed E-state index contributed by atoms with van der Waals surface area (Å²) in [6, 6.07) is 3.84. The van der Waals surface area contributed by atoms with E-state index in [2.05, 4.69) is 26.7 Å². The lowest BCUT2D eigenvalue weighted by Gasteiger charge is -2.33. The molecule has 0 radical (unpaired) electrons. The molecule has 2 aromatic heterocycles. The summed E-state index contributed by atoms with van der Waals surface area (Å²) in [7, 11) is 0. The van der Waals surface area contributed by atoms with Crippen LogP contribution in [0.2, 0.25) is 0 Å². The van der Waals surface area contributed by atoms with Crippen molar-refractivity contribution in [3.63, 3.8) is 0 Å². The number of hydrogen-bond acceptors (Lipinski definition) is 6. The highest BCUT2D eigenvalue weighted by atomic mass is 32.1. The molecule has 0 atom stereocenters. The highest BCUT2D eigenvalue weighted by Crippen LogP contribution is 2.47. The van der Waals surface area contributed by atoms with Gasteiger partial charge in [-0.3, -0.25) is 4.79 Å². The fraction of sp³-hybridized carbons (Fsp3) is 0.550. The number of anilines is 3. The zero-order valence-corrected chi connectivity index (χ0v) is 16.8. The summed E-state index contributed by atoms with van der Waals surface area (Å²) < 4.78 is 26.8. The zero-order valence-electron chi connectivity index (χ0n) is 16.0. The van der Waals surface area contributed by atoms with Crippen molar-refractivity contribution in [1.82, 2.24) is 15.3 Å². The van der Waals surface area contributed by atoms with Crippen molar-refractivity contribution >= 4 is 33.9 Å². The molecule has 2 fully saturated rings. The fourth-order valence-corrected chi connectivity index (χ4v) is 5.71. The predicted octanol–water partition coefficient (Wildman–Crippen LogP) is 4.42. The second kappa shape index (κ2) is 6.90. The Labute approximate surface area is 171 Å². The van der Waals surface area contributed by atoms with Gasteiger partial charge in [0.05, 0.1) is 15.4 Å². The first-order valence-electron chi connectivity index (χ1n) is 10.1. The van der Waals surface area contributed by atoms with Crippen LogP contribution in [0.3, 0.4) is 0 Å². The van der Waals surface area contributed by atoms with Gasteiger partial charge in [0.1, 0.15) is 18.0 Å². The fourth-order valence-electron chi connectivity index (χ4n) is 4.65. The van der Waals surface area contributed by atoms with Gasteiger partial charge < -0.3 is 15.5 Å². The number of fused-ring (bicyclic) bond motifs is 2. The zero-order chi connectivity index (χ0) is 20.1. The smallest absolute Gasteiger partial charge is 0.262 e. The Morgan fingerprint density at radius 3 is 2.59 bits per heavy atom. The number of nitrogens with zero attached hydrogens (tertiary/aromatic N) is 3. The van der Waals surface area contributed by atoms with Crippen molar-refractivity contribution in [2.24, 2.45) is 0 Å². The Morgan fingerprint density at radius 1 is 1.07 bits per heavy atom. The van der Waals surface area contributed by atoms with E-state index in [9.17, 15) is 13.6 Å². The van der Waals surface area contributed by atoms with Crippen LogP contribution in [0.5, 0.6) is 0 Å². The number of carbonyl (C=O) groups excluding carboxylic acids is 1. The number of amides is 1. The first-order valence-corrected chi connectivity index (χ1v) is 10.9. The van der Waals surface area contributed by atoms with Crippen LogP contribution in [0.4, 0.5) is 25.4 Å². The summed E-state index contributed by atoms with van der Waals surface area (Å²) in [5.74, 6) is -1.33. The number of aromatic nitrogens is 2. The molecule has 2 aliphatic heterocycles. The molecular formula is C20H23F2N5OS. The van der Waals surface area contributed by atoms with Gasteiger partial charge in [-0.2, -0.15) is 0 Å². The Kier molecular flexibility index (Phi) is 4.45. The first kappa shape index (κ1) is 18.7. The van der Waals surface area contributed by atoms with Gasteiger partial charge in [0.2, 0.25) is 0 Å². The number of halogens is 2. The molecule has 1 spiro atoms. The van der Waals surface area contributed by atoms with Crippen LogP contribution in [0.1, 0.15) is 60.2 Å². The molecule has 154 valence electrons. The lowest BCUT2D eigenvalue weighted by Crippen LogP contribution is -2.40. The predicted molar refractivity (Wildman–Crippen MR) is 108 cm³/mol. The minimum Gasteiger partial charge on any atom is -0.356 e. The largest absolute Gasteiger partial charge is 0.356 e. The summed E-state index contributed by atoms with van der Waals surface area (Å²) in [6.07, 6.45) is 6.57. The molecule has 1 saturated carbocycles. The van der Waals surface area contributed by atoms with Crippen molar-refractivity contribution in [1.29, 1.82) is 0 Å². The van der Waals surface area contributed by atoms with Crippen LogP contribution in [0, 0.1) is 0 Å². The number of nitrogens with one attached hydrogen (secondary N) is 2. The monoisotopic (exact) mass is 419 g/mol. The number of hydrogen-bond donors (Lipinski definition) is 2. The van der Waals surface area contributed by atoms with Gasteiger partial charge in [-0.15, -0.1) is 11.3 Å². The third-order valence-electron chi connectivity index (χ3n) is 6.24. The Hall–Kier alpha value is -2.29. The topological polar surface area (TPSA) is 70.2 Å². The van der Waals surface area contributed by atoms with Crippen molar-refractivity contribution in [3.8, 4) is 0 Å². The summed E-state index contributed by atoms with van der Waals surface area (Å²) in [6.45, 7) is 0.554. The van der Waals surface area contributed by atoms with E-state index in [4.69, 9.17) is 0 Å². The van der Waals surface area contributed by atoms with Crippen LogP contribution < -0.4 is 15.5 Å². The Morgan fingerprint density at radius 2 is 1.83 bits per heavy atom. The van der Waals surface area contributed by atoms with E-state index in [-0.39, 0.29) is 37.4 Å². The van der Waals surface area contributed by atoms with E-state index in [0.717, 1.165) is 41.1 Å². The molecular weight excluding hydrogens is 396 g/mol. The van der Waals surface area contributed by atoms with E-state index >= 15 is 0 Å². The van der Waals surface area contributed by atoms with Gasteiger partial charge in [-0.25, -0.2) is 18.7 Å². The molecule has 6 nitrogen and oxygen atoms in total. The van der Waals surface area contributed by atoms with Gasteiger partial charge >= 0.3 is 0 Å². The van der Waals surface area contributed by atoms with Gasteiger partial charge in [0.25, 0.3) is 11.8 Å². The van der Waals surface area contributed by atoms with Crippen LogP contribution in [-0.2, 0) is 5.54 Å². The van der Waals surface area contributed by atoms with Gasteiger partial charge in [-0.05, 0) is 18.9 Å². The maximum Gasteiger partial charge on any atom is 0.262 e. The number of rotatable bonds is 3. The van der Waals surface area contributed by atoms with Crippen LogP contribution in [0.15, 0.2) is 18.5 Å². The second-order valence-electron chi connectivity index (χ2n) is 8.18. The third-order valence-corrected chi connectivity index (χ3v) is 7.29. The molecule has 5 rings (SSSR count). The average Bonchev–Trinajstić information content (AvgIpc) is 3.22. The standard InChI is InChI=1S/C20H23F2N5OS/c21-20(22)6-8-27(9-7-20)15-11-14(23-12-24-15)25-16-10-13-17(29-16)18(28)26-19(13)4-2-1-3-5-19/h10-12H,1-9H2,(H,26,28)(H,23,24,25). The lowest BCUT2D eigenvalue weighted by molar-refractivity contribution is -0.0221. The molecule has 4 heterocycles.